The smallest absolute Gasteiger partial charge is 0.134 e. The minimum Gasteiger partial charge on any atom is -0.305 e. The average Bonchev–Trinajstić information content (AvgIpc) is 2.78. The molecular formula is C15H16F3NS. The third-order valence-electron chi connectivity index (χ3n) is 2.98. The third-order valence-corrected chi connectivity index (χ3v) is 4.04. The Hall–Kier alpha value is -1.33. The molecule has 0 bridgehead atoms. The number of halogens is 3. The van der Waals surface area contributed by atoms with E-state index in [4.69, 9.17) is 0 Å². The molecule has 0 spiro atoms. The van der Waals surface area contributed by atoms with Gasteiger partial charge in [-0.3, -0.25) is 0 Å². The van der Waals surface area contributed by atoms with Crippen LogP contribution in [-0.4, -0.2) is 6.54 Å². The molecule has 0 aliphatic rings. The van der Waals surface area contributed by atoms with Gasteiger partial charge in [0, 0.05) is 27.5 Å². The van der Waals surface area contributed by atoms with E-state index in [1.807, 2.05) is 26.0 Å². The van der Waals surface area contributed by atoms with Crippen molar-refractivity contribution in [3.8, 4) is 0 Å². The van der Waals surface area contributed by atoms with Crippen LogP contribution in [0.1, 0.15) is 34.7 Å². The number of aryl methyl sites for hydroxylation is 1. The van der Waals surface area contributed by atoms with Crippen molar-refractivity contribution in [2.75, 3.05) is 6.54 Å². The van der Waals surface area contributed by atoms with Crippen LogP contribution < -0.4 is 5.32 Å². The second-order valence-corrected chi connectivity index (χ2v) is 5.94. The average molecular weight is 299 g/mol. The molecule has 108 valence electrons. The first-order valence-corrected chi connectivity index (χ1v) is 7.28. The maximum Gasteiger partial charge on any atom is 0.134 e. The zero-order valence-corrected chi connectivity index (χ0v) is 12.2. The fourth-order valence-corrected chi connectivity index (χ4v) is 3.03. The highest BCUT2D eigenvalue weighted by molar-refractivity contribution is 7.12. The maximum absolute atomic E-state index is 14.0. The monoisotopic (exact) mass is 299 g/mol. The van der Waals surface area contributed by atoms with Crippen LogP contribution in [0.2, 0.25) is 0 Å². The zero-order chi connectivity index (χ0) is 14.7. The summed E-state index contributed by atoms with van der Waals surface area (Å²) in [6.07, 6.45) is 0.839. The summed E-state index contributed by atoms with van der Waals surface area (Å²) in [6, 6.07) is 4.60. The molecule has 0 saturated carbocycles. The van der Waals surface area contributed by atoms with E-state index < -0.39 is 23.5 Å². The molecule has 0 radical (unpaired) electrons. The fraction of sp³-hybridized carbons (Fsp3) is 0.333. The van der Waals surface area contributed by atoms with Gasteiger partial charge in [0.05, 0.1) is 6.04 Å². The summed E-state index contributed by atoms with van der Waals surface area (Å²) in [5.41, 5.74) is -0.123. The highest BCUT2D eigenvalue weighted by Crippen LogP contribution is 2.31. The molecule has 2 aromatic rings. The van der Waals surface area contributed by atoms with E-state index >= 15 is 0 Å². The molecule has 1 N–H and O–H groups in total. The fourth-order valence-electron chi connectivity index (χ4n) is 2.07. The second-order valence-electron chi connectivity index (χ2n) is 4.62. The molecule has 20 heavy (non-hydrogen) atoms. The van der Waals surface area contributed by atoms with Gasteiger partial charge in [0.2, 0.25) is 0 Å². The minimum absolute atomic E-state index is 0.123. The van der Waals surface area contributed by atoms with E-state index in [9.17, 15) is 13.2 Å². The predicted octanol–water partition coefficient (Wildman–Crippen LogP) is 4.56. The van der Waals surface area contributed by atoms with Crippen molar-refractivity contribution >= 4 is 11.3 Å². The van der Waals surface area contributed by atoms with Crippen LogP contribution in [0.15, 0.2) is 24.3 Å². The lowest BCUT2D eigenvalue weighted by Crippen LogP contribution is -2.24. The first kappa shape index (κ1) is 15.1. The van der Waals surface area contributed by atoms with Gasteiger partial charge in [0.1, 0.15) is 17.5 Å². The van der Waals surface area contributed by atoms with E-state index in [1.54, 1.807) is 0 Å². The van der Waals surface area contributed by atoms with Crippen LogP contribution in [-0.2, 0) is 0 Å². The molecule has 0 aliphatic carbocycles. The van der Waals surface area contributed by atoms with Gasteiger partial charge in [0.15, 0.2) is 0 Å². The largest absolute Gasteiger partial charge is 0.305 e. The Morgan fingerprint density at radius 2 is 1.80 bits per heavy atom. The second kappa shape index (κ2) is 6.41. The van der Waals surface area contributed by atoms with E-state index in [2.05, 4.69) is 5.32 Å². The van der Waals surface area contributed by atoms with Crippen LogP contribution in [0.4, 0.5) is 13.2 Å². The summed E-state index contributed by atoms with van der Waals surface area (Å²) >= 11 is 1.47. The number of hydrogen-bond donors (Lipinski definition) is 1. The number of benzene rings is 1. The Kier molecular flexibility index (Phi) is 4.83. The molecule has 1 nitrogen and oxygen atoms in total. The van der Waals surface area contributed by atoms with Crippen LogP contribution in [0.3, 0.4) is 0 Å². The standard InChI is InChI=1S/C15H16F3NS/c1-3-6-19-15(13-5-4-9(2)20-13)14-11(17)7-10(16)8-12(14)18/h4-5,7-8,15,19H,3,6H2,1-2H3. The van der Waals surface area contributed by atoms with Crippen LogP contribution >= 0.6 is 11.3 Å². The topological polar surface area (TPSA) is 12.0 Å². The molecule has 0 amide bonds. The van der Waals surface area contributed by atoms with Crippen LogP contribution in [0, 0.1) is 24.4 Å². The first-order valence-electron chi connectivity index (χ1n) is 6.47. The highest BCUT2D eigenvalue weighted by Gasteiger charge is 2.23. The van der Waals surface area contributed by atoms with Crippen molar-refractivity contribution in [2.45, 2.75) is 26.3 Å². The molecule has 1 heterocycles. The summed E-state index contributed by atoms with van der Waals surface area (Å²) in [7, 11) is 0. The van der Waals surface area contributed by atoms with Crippen molar-refractivity contribution in [1.82, 2.24) is 5.32 Å². The van der Waals surface area contributed by atoms with Crippen LogP contribution in [0.5, 0.6) is 0 Å². The highest BCUT2D eigenvalue weighted by atomic mass is 32.1. The maximum atomic E-state index is 14.0. The van der Waals surface area contributed by atoms with Crippen molar-refractivity contribution in [3.63, 3.8) is 0 Å². The molecule has 1 atom stereocenters. The molecule has 1 aromatic heterocycles. The lowest BCUT2D eigenvalue weighted by Gasteiger charge is -2.19. The van der Waals surface area contributed by atoms with Crippen molar-refractivity contribution in [1.29, 1.82) is 0 Å². The Morgan fingerprint density at radius 3 is 2.30 bits per heavy atom. The normalized spacial score (nSPS) is 12.7. The van der Waals surface area contributed by atoms with Crippen molar-refractivity contribution < 1.29 is 13.2 Å². The summed E-state index contributed by atoms with van der Waals surface area (Å²) in [4.78, 5) is 1.88. The molecular weight excluding hydrogens is 283 g/mol. The third kappa shape index (κ3) is 3.22. The van der Waals surface area contributed by atoms with Gasteiger partial charge in [0.25, 0.3) is 0 Å². The van der Waals surface area contributed by atoms with E-state index in [0.29, 0.717) is 6.54 Å². The summed E-state index contributed by atoms with van der Waals surface area (Å²) in [5, 5.41) is 3.12. The lowest BCUT2D eigenvalue weighted by molar-refractivity contribution is 0.489. The van der Waals surface area contributed by atoms with Crippen LogP contribution in [0.25, 0.3) is 0 Å². The van der Waals surface area contributed by atoms with Crippen molar-refractivity contribution in [3.05, 3.63) is 57.0 Å². The van der Waals surface area contributed by atoms with Gasteiger partial charge in [-0.2, -0.15) is 0 Å². The number of thiophene rings is 1. The Labute approximate surface area is 120 Å². The summed E-state index contributed by atoms with van der Waals surface area (Å²) in [6.45, 7) is 4.53. The number of nitrogens with one attached hydrogen (secondary N) is 1. The van der Waals surface area contributed by atoms with E-state index in [1.165, 1.54) is 11.3 Å². The Morgan fingerprint density at radius 1 is 1.15 bits per heavy atom. The molecule has 0 saturated heterocycles. The van der Waals surface area contributed by atoms with Gasteiger partial charge in [-0.15, -0.1) is 11.3 Å². The molecule has 5 heteroatoms. The molecule has 1 aromatic carbocycles. The van der Waals surface area contributed by atoms with E-state index in [-0.39, 0.29) is 5.56 Å². The zero-order valence-electron chi connectivity index (χ0n) is 11.3. The molecule has 1 unspecified atom stereocenters. The Balaban J connectivity index is 2.46. The number of hydrogen-bond acceptors (Lipinski definition) is 2. The Bertz CT molecular complexity index is 572. The van der Waals surface area contributed by atoms with Gasteiger partial charge in [-0.1, -0.05) is 6.92 Å². The SMILES string of the molecule is CCCNC(c1ccc(C)s1)c1c(F)cc(F)cc1F. The first-order chi connectivity index (χ1) is 9.52. The van der Waals surface area contributed by atoms with Gasteiger partial charge in [-0.25, -0.2) is 13.2 Å². The molecule has 2 rings (SSSR count). The minimum atomic E-state index is -0.902. The van der Waals surface area contributed by atoms with Crippen molar-refractivity contribution in [2.24, 2.45) is 0 Å². The summed E-state index contributed by atoms with van der Waals surface area (Å²) < 4.78 is 41.0. The quantitative estimate of drug-likeness (QED) is 0.853. The lowest BCUT2D eigenvalue weighted by atomic mass is 10.0. The predicted molar refractivity (Wildman–Crippen MR) is 75.5 cm³/mol. The van der Waals surface area contributed by atoms with Gasteiger partial charge in [-0.05, 0) is 32.0 Å². The van der Waals surface area contributed by atoms with Gasteiger partial charge >= 0.3 is 0 Å². The summed E-state index contributed by atoms with van der Waals surface area (Å²) in [5.74, 6) is -2.62. The molecule has 0 aliphatic heterocycles. The van der Waals surface area contributed by atoms with Gasteiger partial charge < -0.3 is 5.32 Å². The number of rotatable bonds is 5. The van der Waals surface area contributed by atoms with E-state index in [0.717, 1.165) is 28.3 Å². The molecule has 0 fully saturated rings.